The number of carbonyl (C=O) groups is 3. The molecule has 1 aliphatic heterocycles. The number of imide groups is 1. The van der Waals surface area contributed by atoms with E-state index in [1.807, 2.05) is 30.3 Å². The molecule has 3 rings (SSSR count). The molecule has 6 nitrogen and oxygen atoms in total. The Balaban J connectivity index is 1.43. The van der Waals surface area contributed by atoms with Crippen molar-refractivity contribution in [3.05, 3.63) is 30.3 Å². The number of rotatable bonds is 6. The molecule has 2 fully saturated rings. The van der Waals surface area contributed by atoms with Gasteiger partial charge in [-0.1, -0.05) is 31.0 Å². The molecule has 0 radical (unpaired) electrons. The van der Waals surface area contributed by atoms with Crippen LogP contribution in [0.3, 0.4) is 0 Å². The van der Waals surface area contributed by atoms with Gasteiger partial charge in [0.15, 0.2) is 0 Å². The second kappa shape index (κ2) is 7.25. The summed E-state index contributed by atoms with van der Waals surface area (Å²) in [5, 5.41) is 5.54. The highest BCUT2D eigenvalue weighted by Gasteiger charge is 2.52. The lowest BCUT2D eigenvalue weighted by atomic mass is 9.98. The molecule has 7 heteroatoms. The minimum atomic E-state index is -0.749. The predicted molar refractivity (Wildman–Crippen MR) is 91.6 cm³/mol. The second-order valence-electron chi connectivity index (χ2n) is 6.12. The third kappa shape index (κ3) is 3.56. The van der Waals surface area contributed by atoms with Crippen molar-refractivity contribution in [1.29, 1.82) is 0 Å². The quantitative estimate of drug-likeness (QED) is 0.467. The van der Waals surface area contributed by atoms with Crippen molar-refractivity contribution in [3.8, 4) is 0 Å². The molecule has 128 valence electrons. The Morgan fingerprint density at radius 3 is 2.62 bits per heavy atom. The number of benzene rings is 1. The monoisotopic (exact) mass is 347 g/mol. The fourth-order valence-corrected chi connectivity index (χ4v) is 4.00. The zero-order chi connectivity index (χ0) is 17.0. The van der Waals surface area contributed by atoms with Gasteiger partial charge in [0.1, 0.15) is 12.1 Å². The number of carbonyl (C=O) groups excluding carboxylic acids is 3. The highest BCUT2D eigenvalue weighted by atomic mass is 32.2. The van der Waals surface area contributed by atoms with Gasteiger partial charge in [-0.3, -0.25) is 14.5 Å². The van der Waals surface area contributed by atoms with Crippen LogP contribution in [0.5, 0.6) is 0 Å². The van der Waals surface area contributed by atoms with E-state index < -0.39 is 11.6 Å². The first-order valence-electron chi connectivity index (χ1n) is 8.19. The maximum absolute atomic E-state index is 12.4. The fourth-order valence-electron chi connectivity index (χ4n) is 3.21. The third-order valence-corrected chi connectivity index (χ3v) is 5.45. The van der Waals surface area contributed by atoms with Crippen LogP contribution < -0.4 is 10.6 Å². The molecule has 1 aromatic carbocycles. The van der Waals surface area contributed by atoms with Gasteiger partial charge in [-0.25, -0.2) is 4.79 Å². The number of urea groups is 1. The van der Waals surface area contributed by atoms with Crippen LogP contribution in [0.4, 0.5) is 4.79 Å². The van der Waals surface area contributed by atoms with Crippen LogP contribution in [-0.4, -0.2) is 47.1 Å². The molecule has 24 heavy (non-hydrogen) atoms. The molecule has 0 atom stereocenters. The van der Waals surface area contributed by atoms with Crippen molar-refractivity contribution in [2.45, 2.75) is 36.1 Å². The normalized spacial score (nSPS) is 18.9. The average Bonchev–Trinajstić information content (AvgIpc) is 3.14. The molecule has 2 aliphatic rings. The molecule has 1 heterocycles. The second-order valence-corrected chi connectivity index (χ2v) is 7.29. The largest absolute Gasteiger partial charge is 0.354 e. The standard InChI is InChI=1S/C17H21N3O3S/c21-14(18-10-11-24-13-6-2-1-3-7-13)12-20-15(22)17(19-16(20)23)8-4-5-9-17/h1-3,6-7H,4-5,8-12H2,(H,18,21)(H,19,23). The number of hydrogen-bond acceptors (Lipinski definition) is 4. The molecule has 4 amide bonds. The number of thioether (sulfide) groups is 1. The Kier molecular flexibility index (Phi) is 5.08. The summed E-state index contributed by atoms with van der Waals surface area (Å²) in [6, 6.07) is 9.48. The van der Waals surface area contributed by atoms with Gasteiger partial charge in [0.25, 0.3) is 5.91 Å². The van der Waals surface area contributed by atoms with Crippen LogP contribution >= 0.6 is 11.8 Å². The summed E-state index contributed by atoms with van der Waals surface area (Å²) < 4.78 is 0. The number of nitrogens with one attached hydrogen (secondary N) is 2. The van der Waals surface area contributed by atoms with Gasteiger partial charge in [-0.05, 0) is 25.0 Å². The van der Waals surface area contributed by atoms with Crippen molar-refractivity contribution in [2.75, 3.05) is 18.8 Å². The lowest BCUT2D eigenvalue weighted by molar-refractivity contribution is -0.134. The van der Waals surface area contributed by atoms with Crippen molar-refractivity contribution >= 4 is 29.6 Å². The van der Waals surface area contributed by atoms with Gasteiger partial charge < -0.3 is 10.6 Å². The summed E-state index contributed by atoms with van der Waals surface area (Å²) in [4.78, 5) is 38.7. The Bertz CT molecular complexity index is 629. The van der Waals surface area contributed by atoms with Crippen molar-refractivity contribution < 1.29 is 14.4 Å². The zero-order valence-corrected chi connectivity index (χ0v) is 14.2. The molecule has 1 aliphatic carbocycles. The summed E-state index contributed by atoms with van der Waals surface area (Å²) in [6.45, 7) is 0.287. The Labute approximate surface area is 145 Å². The van der Waals surface area contributed by atoms with Gasteiger partial charge in [-0.2, -0.15) is 0 Å². The van der Waals surface area contributed by atoms with Gasteiger partial charge in [0.2, 0.25) is 5.91 Å². The molecular formula is C17H21N3O3S. The minimum Gasteiger partial charge on any atom is -0.354 e. The average molecular weight is 347 g/mol. The summed E-state index contributed by atoms with van der Waals surface area (Å²) in [5.41, 5.74) is -0.749. The molecule has 0 aromatic heterocycles. The van der Waals surface area contributed by atoms with E-state index >= 15 is 0 Å². The van der Waals surface area contributed by atoms with E-state index in [2.05, 4.69) is 10.6 Å². The highest BCUT2D eigenvalue weighted by Crippen LogP contribution is 2.34. The van der Waals surface area contributed by atoms with Gasteiger partial charge in [-0.15, -0.1) is 11.8 Å². The van der Waals surface area contributed by atoms with Crippen LogP contribution in [0.2, 0.25) is 0 Å². The number of hydrogen-bond donors (Lipinski definition) is 2. The Morgan fingerprint density at radius 1 is 1.21 bits per heavy atom. The van der Waals surface area contributed by atoms with E-state index in [1.165, 1.54) is 0 Å². The van der Waals surface area contributed by atoms with E-state index in [0.29, 0.717) is 19.4 Å². The molecular weight excluding hydrogens is 326 g/mol. The summed E-state index contributed by atoms with van der Waals surface area (Å²) >= 11 is 1.65. The Morgan fingerprint density at radius 2 is 1.92 bits per heavy atom. The van der Waals surface area contributed by atoms with Crippen LogP contribution in [0.25, 0.3) is 0 Å². The van der Waals surface area contributed by atoms with E-state index in [1.54, 1.807) is 11.8 Å². The summed E-state index contributed by atoms with van der Waals surface area (Å²) in [7, 11) is 0. The maximum atomic E-state index is 12.4. The van der Waals surface area contributed by atoms with E-state index in [-0.39, 0.29) is 18.4 Å². The Hall–Kier alpha value is -2.02. The highest BCUT2D eigenvalue weighted by molar-refractivity contribution is 7.99. The van der Waals surface area contributed by atoms with Gasteiger partial charge in [0.05, 0.1) is 0 Å². The zero-order valence-electron chi connectivity index (χ0n) is 13.4. The molecule has 1 saturated carbocycles. The van der Waals surface area contributed by atoms with Gasteiger partial charge >= 0.3 is 6.03 Å². The van der Waals surface area contributed by atoms with Crippen LogP contribution in [0.1, 0.15) is 25.7 Å². The van der Waals surface area contributed by atoms with Crippen molar-refractivity contribution in [3.63, 3.8) is 0 Å². The third-order valence-electron chi connectivity index (χ3n) is 4.44. The summed E-state index contributed by atoms with van der Waals surface area (Å²) in [5.74, 6) is 0.181. The molecule has 0 bridgehead atoms. The summed E-state index contributed by atoms with van der Waals surface area (Å²) in [6.07, 6.45) is 3.21. The lowest BCUT2D eigenvalue weighted by Gasteiger charge is -2.19. The first-order chi connectivity index (χ1) is 11.6. The molecule has 2 N–H and O–H groups in total. The molecule has 1 spiro atoms. The fraction of sp³-hybridized carbons (Fsp3) is 0.471. The van der Waals surface area contributed by atoms with Crippen LogP contribution in [0.15, 0.2) is 35.2 Å². The van der Waals surface area contributed by atoms with E-state index in [4.69, 9.17) is 0 Å². The number of nitrogens with zero attached hydrogens (tertiary/aromatic N) is 1. The van der Waals surface area contributed by atoms with Crippen molar-refractivity contribution in [2.24, 2.45) is 0 Å². The molecule has 1 aromatic rings. The van der Waals surface area contributed by atoms with Crippen molar-refractivity contribution in [1.82, 2.24) is 15.5 Å². The van der Waals surface area contributed by atoms with E-state index in [9.17, 15) is 14.4 Å². The van der Waals surface area contributed by atoms with Gasteiger partial charge in [0, 0.05) is 17.2 Å². The smallest absolute Gasteiger partial charge is 0.325 e. The molecule has 0 unspecified atom stereocenters. The van der Waals surface area contributed by atoms with Crippen LogP contribution in [-0.2, 0) is 9.59 Å². The topological polar surface area (TPSA) is 78.5 Å². The minimum absolute atomic E-state index is 0.206. The van der Waals surface area contributed by atoms with Crippen LogP contribution in [0, 0.1) is 0 Å². The van der Waals surface area contributed by atoms with E-state index in [0.717, 1.165) is 28.4 Å². The first-order valence-corrected chi connectivity index (χ1v) is 9.18. The predicted octanol–water partition coefficient (Wildman–Crippen LogP) is 1.76. The SMILES string of the molecule is O=C(CN1C(=O)NC2(CCCC2)C1=O)NCCSc1ccccc1. The first kappa shape index (κ1) is 16.8. The number of amides is 4. The molecule has 1 saturated heterocycles. The lowest BCUT2D eigenvalue weighted by Crippen LogP contribution is -2.45. The maximum Gasteiger partial charge on any atom is 0.325 e.